The van der Waals surface area contributed by atoms with Gasteiger partial charge in [0.15, 0.2) is 0 Å². The first-order valence-corrected chi connectivity index (χ1v) is 10.1. The van der Waals surface area contributed by atoms with Crippen LogP contribution in [0.25, 0.3) is 0 Å². The van der Waals surface area contributed by atoms with Gasteiger partial charge in [0.1, 0.15) is 0 Å². The first-order valence-electron chi connectivity index (χ1n) is 10.1. The lowest BCUT2D eigenvalue weighted by molar-refractivity contribution is -0.122. The van der Waals surface area contributed by atoms with Crippen molar-refractivity contribution in [1.82, 2.24) is 4.90 Å². The van der Waals surface area contributed by atoms with Gasteiger partial charge in [0.2, 0.25) is 5.91 Å². The van der Waals surface area contributed by atoms with Gasteiger partial charge in [-0.3, -0.25) is 9.59 Å². The zero-order valence-electron chi connectivity index (χ0n) is 16.1. The van der Waals surface area contributed by atoms with Crippen molar-refractivity contribution in [3.8, 4) is 0 Å². The molecule has 1 N–H and O–H groups in total. The van der Waals surface area contributed by atoms with E-state index in [2.05, 4.69) is 10.2 Å². The van der Waals surface area contributed by atoms with Crippen LogP contribution in [0.2, 0.25) is 0 Å². The van der Waals surface area contributed by atoms with Crippen LogP contribution in [0.1, 0.15) is 62.7 Å². The number of nitrogens with zero attached hydrogens (tertiary/aromatic N) is 2. The van der Waals surface area contributed by atoms with Crippen molar-refractivity contribution in [1.29, 1.82) is 0 Å². The summed E-state index contributed by atoms with van der Waals surface area (Å²) in [6.07, 6.45) is 6.67. The monoisotopic (exact) mass is 357 g/mol. The lowest BCUT2D eigenvalue weighted by atomic mass is 9.85. The molecule has 0 atom stereocenters. The average Bonchev–Trinajstić information content (AvgIpc) is 2.61. The number of benzene rings is 1. The van der Waals surface area contributed by atoms with Gasteiger partial charge in [-0.25, -0.2) is 0 Å². The minimum Gasteiger partial charge on any atom is -0.371 e. The minimum absolute atomic E-state index is 0.0512. The van der Waals surface area contributed by atoms with Gasteiger partial charge in [-0.05, 0) is 64.2 Å². The van der Waals surface area contributed by atoms with E-state index in [1.165, 1.54) is 19.3 Å². The Hall–Kier alpha value is -2.04. The summed E-state index contributed by atoms with van der Waals surface area (Å²) in [6, 6.07) is 5.83. The number of hydrogen-bond donors (Lipinski definition) is 1. The number of rotatable bonds is 6. The highest BCUT2D eigenvalue weighted by molar-refractivity contribution is 6.02. The van der Waals surface area contributed by atoms with Crippen LogP contribution in [-0.2, 0) is 4.79 Å². The van der Waals surface area contributed by atoms with Gasteiger partial charge in [-0.2, -0.15) is 0 Å². The predicted molar refractivity (Wildman–Crippen MR) is 106 cm³/mol. The third-order valence-electron chi connectivity index (χ3n) is 5.72. The number of carbonyl (C=O) groups is 2. The Morgan fingerprint density at radius 3 is 2.35 bits per heavy atom. The van der Waals surface area contributed by atoms with E-state index in [0.29, 0.717) is 18.7 Å². The van der Waals surface area contributed by atoms with Crippen LogP contribution in [-0.4, -0.2) is 42.9 Å². The summed E-state index contributed by atoms with van der Waals surface area (Å²) in [5.41, 5.74) is 2.45. The second-order valence-electron chi connectivity index (χ2n) is 7.37. The molecule has 0 unspecified atom stereocenters. The topological polar surface area (TPSA) is 52.7 Å². The predicted octanol–water partition coefficient (Wildman–Crippen LogP) is 3.90. The van der Waals surface area contributed by atoms with Gasteiger partial charge in [-0.1, -0.05) is 6.42 Å². The number of piperidine rings is 1. The SMILES string of the molecule is CCN(CC)C(=O)c1cc(NC(=O)C2CCC2)ccc1N1CCCCC1. The molecule has 26 heavy (non-hydrogen) atoms. The standard InChI is InChI=1S/C21H31N3O2/c1-3-23(4-2)21(26)18-15-17(22-20(25)16-9-8-10-16)11-12-19(18)24-13-6-5-7-14-24/h11-12,15-16H,3-10,13-14H2,1-2H3,(H,22,25). The Kier molecular flexibility index (Phi) is 6.17. The van der Waals surface area contributed by atoms with Crippen molar-refractivity contribution in [2.45, 2.75) is 52.4 Å². The van der Waals surface area contributed by atoms with Crippen LogP contribution in [0.15, 0.2) is 18.2 Å². The minimum atomic E-state index is 0.0512. The molecule has 1 aliphatic heterocycles. The molecule has 142 valence electrons. The first kappa shape index (κ1) is 18.7. The lowest BCUT2D eigenvalue weighted by Gasteiger charge is -2.32. The third-order valence-corrected chi connectivity index (χ3v) is 5.72. The molecule has 1 saturated carbocycles. The summed E-state index contributed by atoms with van der Waals surface area (Å²) < 4.78 is 0. The lowest BCUT2D eigenvalue weighted by Crippen LogP contribution is -2.35. The maximum atomic E-state index is 13.1. The molecule has 2 fully saturated rings. The second-order valence-corrected chi connectivity index (χ2v) is 7.37. The highest BCUT2D eigenvalue weighted by Crippen LogP contribution is 2.31. The van der Waals surface area contributed by atoms with Gasteiger partial charge in [0.25, 0.3) is 5.91 Å². The van der Waals surface area contributed by atoms with E-state index in [-0.39, 0.29) is 17.7 Å². The van der Waals surface area contributed by atoms with E-state index >= 15 is 0 Å². The zero-order chi connectivity index (χ0) is 18.5. The number of nitrogens with one attached hydrogen (secondary N) is 1. The van der Waals surface area contributed by atoms with Crippen molar-refractivity contribution in [3.63, 3.8) is 0 Å². The molecule has 1 heterocycles. The molecule has 1 aromatic carbocycles. The maximum Gasteiger partial charge on any atom is 0.256 e. The molecule has 3 rings (SSSR count). The van der Waals surface area contributed by atoms with Crippen LogP contribution in [0.3, 0.4) is 0 Å². The Balaban J connectivity index is 1.87. The fourth-order valence-corrected chi connectivity index (χ4v) is 3.79. The molecule has 5 heteroatoms. The molecule has 5 nitrogen and oxygen atoms in total. The van der Waals surface area contributed by atoms with Crippen LogP contribution in [0, 0.1) is 5.92 Å². The molecule has 0 spiro atoms. The smallest absolute Gasteiger partial charge is 0.256 e. The van der Waals surface area contributed by atoms with Crippen LogP contribution < -0.4 is 10.2 Å². The molecule has 1 saturated heterocycles. The number of hydrogen-bond acceptors (Lipinski definition) is 3. The summed E-state index contributed by atoms with van der Waals surface area (Å²) in [6.45, 7) is 7.37. The van der Waals surface area contributed by atoms with E-state index in [4.69, 9.17) is 0 Å². The van der Waals surface area contributed by atoms with E-state index in [1.54, 1.807) is 0 Å². The number of amides is 2. The van der Waals surface area contributed by atoms with Gasteiger partial charge >= 0.3 is 0 Å². The Bertz CT molecular complexity index is 645. The van der Waals surface area contributed by atoms with Gasteiger partial charge in [0, 0.05) is 43.5 Å². The highest BCUT2D eigenvalue weighted by Gasteiger charge is 2.26. The van der Waals surface area contributed by atoms with Gasteiger partial charge in [-0.15, -0.1) is 0 Å². The van der Waals surface area contributed by atoms with E-state index in [9.17, 15) is 9.59 Å². The Labute approximate surface area is 156 Å². The third kappa shape index (κ3) is 4.02. The van der Waals surface area contributed by atoms with Crippen molar-refractivity contribution in [2.24, 2.45) is 5.92 Å². The van der Waals surface area contributed by atoms with Crippen LogP contribution in [0.4, 0.5) is 11.4 Å². The van der Waals surface area contributed by atoms with Crippen molar-refractivity contribution < 1.29 is 9.59 Å². The van der Waals surface area contributed by atoms with E-state index in [1.807, 2.05) is 36.9 Å². The largest absolute Gasteiger partial charge is 0.371 e. The number of carbonyl (C=O) groups excluding carboxylic acids is 2. The van der Waals surface area contributed by atoms with Crippen LogP contribution >= 0.6 is 0 Å². The molecule has 0 aromatic heterocycles. The highest BCUT2D eigenvalue weighted by atomic mass is 16.2. The molecule has 0 radical (unpaired) electrons. The van der Waals surface area contributed by atoms with Gasteiger partial charge < -0.3 is 15.1 Å². The normalized spacial score (nSPS) is 17.5. The molecule has 1 aromatic rings. The van der Waals surface area contributed by atoms with E-state index < -0.39 is 0 Å². The fourth-order valence-electron chi connectivity index (χ4n) is 3.79. The quantitative estimate of drug-likeness (QED) is 0.840. The zero-order valence-corrected chi connectivity index (χ0v) is 16.1. The summed E-state index contributed by atoms with van der Waals surface area (Å²) in [5, 5.41) is 3.02. The van der Waals surface area contributed by atoms with Gasteiger partial charge in [0.05, 0.1) is 5.56 Å². The summed E-state index contributed by atoms with van der Waals surface area (Å²) in [4.78, 5) is 29.6. The molecule has 2 aliphatic rings. The fraction of sp³-hybridized carbons (Fsp3) is 0.619. The van der Waals surface area contributed by atoms with E-state index in [0.717, 1.165) is 43.7 Å². The summed E-state index contributed by atoms with van der Waals surface area (Å²) in [7, 11) is 0. The maximum absolute atomic E-state index is 13.1. The molecular formula is C21H31N3O2. The molecule has 2 amide bonds. The second kappa shape index (κ2) is 8.56. The average molecular weight is 357 g/mol. The first-order chi connectivity index (χ1) is 12.6. The summed E-state index contributed by atoms with van der Waals surface area (Å²) in [5.74, 6) is 0.275. The Morgan fingerprint density at radius 1 is 1.08 bits per heavy atom. The van der Waals surface area contributed by atoms with Crippen molar-refractivity contribution in [3.05, 3.63) is 23.8 Å². The molecule has 1 aliphatic carbocycles. The molecular weight excluding hydrogens is 326 g/mol. The summed E-state index contributed by atoms with van der Waals surface area (Å²) >= 11 is 0. The Morgan fingerprint density at radius 2 is 1.77 bits per heavy atom. The van der Waals surface area contributed by atoms with Crippen molar-refractivity contribution >= 4 is 23.2 Å². The number of anilines is 2. The molecule has 0 bridgehead atoms. The van der Waals surface area contributed by atoms with Crippen molar-refractivity contribution in [2.75, 3.05) is 36.4 Å². The van der Waals surface area contributed by atoms with Crippen LogP contribution in [0.5, 0.6) is 0 Å².